The molecule has 0 spiro atoms. The molecule has 128 valence electrons. The largest absolute Gasteiger partial charge is 0.494 e. The van der Waals surface area contributed by atoms with Crippen LogP contribution in [-0.4, -0.2) is 12.5 Å². The van der Waals surface area contributed by atoms with Crippen LogP contribution in [0.5, 0.6) is 5.75 Å². The van der Waals surface area contributed by atoms with Crippen LogP contribution >= 0.6 is 0 Å². The lowest BCUT2D eigenvalue weighted by Crippen LogP contribution is -2.13. The molecule has 1 amide bonds. The fourth-order valence-corrected chi connectivity index (χ4v) is 2.29. The topological polar surface area (TPSA) is 62.1 Å². The summed E-state index contributed by atoms with van der Waals surface area (Å²) in [5.41, 5.74) is 2.72. The molecule has 0 saturated carbocycles. The van der Waals surface area contributed by atoms with Gasteiger partial charge in [0.2, 0.25) is 0 Å². The number of ether oxygens (including phenoxy) is 1. The van der Waals surface area contributed by atoms with Gasteiger partial charge < -0.3 is 10.1 Å². The minimum absolute atomic E-state index is 0.0613. The molecule has 0 bridgehead atoms. The summed E-state index contributed by atoms with van der Waals surface area (Å²) in [6, 6.07) is 16.9. The van der Waals surface area contributed by atoms with Crippen molar-refractivity contribution in [2.45, 2.75) is 26.7 Å². The summed E-state index contributed by atoms with van der Waals surface area (Å²) >= 11 is 0. The number of benzene rings is 2. The predicted octanol–water partition coefficient (Wildman–Crippen LogP) is 4.75. The lowest BCUT2D eigenvalue weighted by Gasteiger charge is -2.07. The normalized spacial score (nSPS) is 11.1. The highest BCUT2D eigenvalue weighted by Gasteiger charge is 2.10. The molecule has 0 aliphatic rings. The first-order valence-corrected chi connectivity index (χ1v) is 8.29. The van der Waals surface area contributed by atoms with Crippen LogP contribution in [0.4, 0.5) is 5.69 Å². The van der Waals surface area contributed by atoms with Crippen LogP contribution < -0.4 is 10.1 Å². The molecule has 4 nitrogen and oxygen atoms in total. The van der Waals surface area contributed by atoms with Crippen molar-refractivity contribution < 1.29 is 9.53 Å². The molecule has 2 aromatic carbocycles. The Morgan fingerprint density at radius 3 is 2.32 bits per heavy atom. The third kappa shape index (κ3) is 5.22. The first kappa shape index (κ1) is 18.3. The van der Waals surface area contributed by atoms with Crippen LogP contribution in [0.15, 0.2) is 54.1 Å². The SMILES string of the molecule is CCOc1ccc(NC(=O)/C(C#N)=C\c2ccc(C(C)C)cc2)cc1. The predicted molar refractivity (Wildman–Crippen MR) is 100 cm³/mol. The summed E-state index contributed by atoms with van der Waals surface area (Å²) in [6.07, 6.45) is 1.59. The van der Waals surface area contributed by atoms with Crippen molar-refractivity contribution in [2.75, 3.05) is 11.9 Å². The maximum absolute atomic E-state index is 12.3. The summed E-state index contributed by atoms with van der Waals surface area (Å²) in [5.74, 6) is 0.748. The Balaban J connectivity index is 2.11. The molecule has 25 heavy (non-hydrogen) atoms. The van der Waals surface area contributed by atoms with Crippen molar-refractivity contribution in [3.63, 3.8) is 0 Å². The Bertz CT molecular complexity index is 782. The van der Waals surface area contributed by atoms with E-state index in [0.29, 0.717) is 18.2 Å². The van der Waals surface area contributed by atoms with E-state index in [1.807, 2.05) is 37.3 Å². The standard InChI is InChI=1S/C21H22N2O2/c1-4-25-20-11-9-19(10-12-20)23-21(24)18(14-22)13-16-5-7-17(8-6-16)15(2)3/h5-13,15H,4H2,1-3H3,(H,23,24)/b18-13-. The minimum atomic E-state index is -0.431. The van der Waals surface area contributed by atoms with Gasteiger partial charge in [0.25, 0.3) is 5.91 Å². The van der Waals surface area contributed by atoms with E-state index in [0.717, 1.165) is 11.3 Å². The number of hydrogen-bond acceptors (Lipinski definition) is 3. The molecule has 0 radical (unpaired) electrons. The fourth-order valence-electron chi connectivity index (χ4n) is 2.29. The maximum Gasteiger partial charge on any atom is 0.266 e. The zero-order valence-electron chi connectivity index (χ0n) is 14.7. The molecule has 0 unspecified atom stereocenters. The first-order chi connectivity index (χ1) is 12.0. The molecule has 4 heteroatoms. The van der Waals surface area contributed by atoms with Gasteiger partial charge in [-0.2, -0.15) is 5.26 Å². The van der Waals surface area contributed by atoms with Crippen LogP contribution in [0, 0.1) is 11.3 Å². The number of amides is 1. The van der Waals surface area contributed by atoms with Gasteiger partial charge in [0, 0.05) is 5.69 Å². The van der Waals surface area contributed by atoms with Crippen LogP contribution in [0.1, 0.15) is 37.8 Å². The van der Waals surface area contributed by atoms with E-state index >= 15 is 0 Å². The van der Waals surface area contributed by atoms with Crippen LogP contribution in [0.3, 0.4) is 0 Å². The molecule has 0 fully saturated rings. The maximum atomic E-state index is 12.3. The lowest BCUT2D eigenvalue weighted by atomic mass is 10.0. The third-order valence-electron chi connectivity index (χ3n) is 3.70. The van der Waals surface area contributed by atoms with Gasteiger partial charge in [-0.25, -0.2) is 0 Å². The third-order valence-corrected chi connectivity index (χ3v) is 3.70. The minimum Gasteiger partial charge on any atom is -0.494 e. The zero-order valence-corrected chi connectivity index (χ0v) is 14.7. The van der Waals surface area contributed by atoms with Crippen LogP contribution in [0.2, 0.25) is 0 Å². The number of nitriles is 1. The van der Waals surface area contributed by atoms with Crippen molar-refractivity contribution in [2.24, 2.45) is 0 Å². The second-order valence-corrected chi connectivity index (χ2v) is 5.90. The second kappa shape index (κ2) is 8.70. The van der Waals surface area contributed by atoms with Gasteiger partial charge in [-0.1, -0.05) is 38.1 Å². The van der Waals surface area contributed by atoms with Gasteiger partial charge >= 0.3 is 0 Å². The number of anilines is 1. The first-order valence-electron chi connectivity index (χ1n) is 8.29. The Hall–Kier alpha value is -3.06. The van der Waals surface area contributed by atoms with E-state index in [1.165, 1.54) is 5.56 Å². The highest BCUT2D eigenvalue weighted by atomic mass is 16.5. The molecule has 0 aliphatic carbocycles. The molecule has 0 saturated heterocycles. The number of hydrogen-bond donors (Lipinski definition) is 1. The summed E-state index contributed by atoms with van der Waals surface area (Å²) in [6.45, 7) is 6.74. The van der Waals surface area contributed by atoms with Crippen molar-refractivity contribution in [3.05, 3.63) is 65.2 Å². The molecule has 2 aromatic rings. The fraction of sp³-hybridized carbons (Fsp3) is 0.238. The number of carbonyl (C=O) groups excluding carboxylic acids is 1. The molecule has 1 N–H and O–H groups in total. The van der Waals surface area contributed by atoms with Gasteiger partial charge in [-0.05, 0) is 54.3 Å². The van der Waals surface area contributed by atoms with E-state index in [9.17, 15) is 10.1 Å². The highest BCUT2D eigenvalue weighted by Crippen LogP contribution is 2.18. The van der Waals surface area contributed by atoms with Crippen molar-refractivity contribution in [3.8, 4) is 11.8 Å². The van der Waals surface area contributed by atoms with E-state index in [2.05, 4.69) is 19.2 Å². The van der Waals surface area contributed by atoms with Crippen LogP contribution in [0.25, 0.3) is 6.08 Å². The number of rotatable bonds is 6. The Morgan fingerprint density at radius 1 is 1.16 bits per heavy atom. The average Bonchev–Trinajstić information content (AvgIpc) is 2.62. The van der Waals surface area contributed by atoms with Gasteiger partial charge in [0.1, 0.15) is 17.4 Å². The summed E-state index contributed by atoms with van der Waals surface area (Å²) in [4.78, 5) is 12.3. The molecule has 0 heterocycles. The number of carbonyl (C=O) groups is 1. The van der Waals surface area contributed by atoms with Crippen molar-refractivity contribution >= 4 is 17.7 Å². The molecule has 0 atom stereocenters. The molecule has 0 aliphatic heterocycles. The van der Waals surface area contributed by atoms with Gasteiger partial charge in [-0.15, -0.1) is 0 Å². The lowest BCUT2D eigenvalue weighted by molar-refractivity contribution is -0.112. The van der Waals surface area contributed by atoms with E-state index in [1.54, 1.807) is 30.3 Å². The summed E-state index contributed by atoms with van der Waals surface area (Å²) in [7, 11) is 0. The quantitative estimate of drug-likeness (QED) is 0.612. The van der Waals surface area contributed by atoms with Gasteiger partial charge in [0.15, 0.2) is 0 Å². The van der Waals surface area contributed by atoms with Gasteiger partial charge in [0.05, 0.1) is 6.61 Å². The summed E-state index contributed by atoms with van der Waals surface area (Å²) in [5, 5.41) is 12.0. The Morgan fingerprint density at radius 2 is 1.80 bits per heavy atom. The van der Waals surface area contributed by atoms with Crippen molar-refractivity contribution in [1.82, 2.24) is 0 Å². The summed E-state index contributed by atoms with van der Waals surface area (Å²) < 4.78 is 5.36. The molecular formula is C21H22N2O2. The Labute approximate surface area is 148 Å². The number of nitrogens with one attached hydrogen (secondary N) is 1. The average molecular weight is 334 g/mol. The van der Waals surface area contributed by atoms with Crippen LogP contribution in [-0.2, 0) is 4.79 Å². The van der Waals surface area contributed by atoms with Gasteiger partial charge in [-0.3, -0.25) is 4.79 Å². The van der Waals surface area contributed by atoms with E-state index in [-0.39, 0.29) is 5.57 Å². The molecule has 0 aromatic heterocycles. The van der Waals surface area contributed by atoms with Crippen molar-refractivity contribution in [1.29, 1.82) is 5.26 Å². The molecular weight excluding hydrogens is 312 g/mol. The smallest absolute Gasteiger partial charge is 0.266 e. The Kier molecular flexibility index (Phi) is 6.36. The second-order valence-electron chi connectivity index (χ2n) is 5.90. The monoisotopic (exact) mass is 334 g/mol. The zero-order chi connectivity index (χ0) is 18.2. The highest BCUT2D eigenvalue weighted by molar-refractivity contribution is 6.09. The molecule has 2 rings (SSSR count). The van der Waals surface area contributed by atoms with E-state index in [4.69, 9.17) is 4.74 Å². The number of nitrogens with zero attached hydrogens (tertiary/aromatic N) is 1. The van der Waals surface area contributed by atoms with E-state index < -0.39 is 5.91 Å².